The highest BCUT2D eigenvalue weighted by Crippen LogP contribution is 2.33. The molecule has 1 aliphatic rings. The van der Waals surface area contributed by atoms with Gasteiger partial charge in [0.15, 0.2) is 0 Å². The molecule has 0 saturated heterocycles. The van der Waals surface area contributed by atoms with Gasteiger partial charge in [0.05, 0.1) is 18.5 Å². The van der Waals surface area contributed by atoms with Crippen molar-refractivity contribution >= 4 is 17.8 Å². The van der Waals surface area contributed by atoms with Crippen molar-refractivity contribution in [3.8, 4) is 5.75 Å². The average Bonchev–Trinajstić information content (AvgIpc) is 2.81. The maximum Gasteiger partial charge on any atom is 0.270 e. The first-order chi connectivity index (χ1) is 15.0. The van der Waals surface area contributed by atoms with Gasteiger partial charge in [-0.05, 0) is 41.1 Å². The minimum atomic E-state index is -0.330. The minimum absolute atomic E-state index is 0.00326. The van der Waals surface area contributed by atoms with Gasteiger partial charge in [0, 0.05) is 37.8 Å². The number of carbonyl (C=O) groups is 1. The monoisotopic (exact) mass is 417 g/mol. The summed E-state index contributed by atoms with van der Waals surface area (Å²) in [7, 11) is 3.23. The Labute approximate surface area is 182 Å². The Bertz CT molecular complexity index is 1070. The van der Waals surface area contributed by atoms with E-state index in [2.05, 4.69) is 4.99 Å². The number of aliphatic imine (C=N–C) groups is 1. The number of allylic oxidation sites excluding steroid dienone is 1. The Hall–Kier alpha value is -3.87. The van der Waals surface area contributed by atoms with Crippen molar-refractivity contribution in [2.45, 2.75) is 12.5 Å². The number of ether oxygens (including phenoxy) is 1. The molecule has 0 aromatic heterocycles. The van der Waals surface area contributed by atoms with Crippen LogP contribution < -0.4 is 16.2 Å². The summed E-state index contributed by atoms with van der Waals surface area (Å²) < 4.78 is 5.30. The van der Waals surface area contributed by atoms with E-state index in [1.807, 2.05) is 30.3 Å². The molecular weight excluding hydrogens is 390 g/mol. The normalized spacial score (nSPS) is 16.8. The number of fused-ring (bicyclic) bond motifs is 1. The van der Waals surface area contributed by atoms with Crippen LogP contribution in [0.5, 0.6) is 5.75 Å². The number of hydrogen-bond acceptors (Lipinski definition) is 6. The summed E-state index contributed by atoms with van der Waals surface area (Å²) in [6.07, 6.45) is 4.62. The molecule has 1 heterocycles. The first-order valence-electron chi connectivity index (χ1n) is 9.90. The highest BCUT2D eigenvalue weighted by Gasteiger charge is 2.30. The maximum atomic E-state index is 13.2. The van der Waals surface area contributed by atoms with Crippen molar-refractivity contribution in [3.63, 3.8) is 0 Å². The molecular formula is C24H27N5O2. The number of hydrogen-bond donors (Lipinski definition) is 3. The molecule has 0 bridgehead atoms. The second-order valence-electron chi connectivity index (χ2n) is 7.20. The van der Waals surface area contributed by atoms with Crippen molar-refractivity contribution < 1.29 is 9.53 Å². The fraction of sp³-hybridized carbons (Fsp3) is 0.208. The van der Waals surface area contributed by atoms with Gasteiger partial charge in [-0.3, -0.25) is 9.79 Å². The smallest absolute Gasteiger partial charge is 0.270 e. The Morgan fingerprint density at radius 1 is 1.23 bits per heavy atom. The standard InChI is InChI=1S/C24H27N5O2/c1-28-13-17(12-25)20-15-29(14-16-7-3-4-8-18(16)20)24(30)22(27)11-21(26)19-9-5-6-10-23(19)31-2/h3-13,20,26H,14-15,25,27H2,1-2H3/b17-12?,22-11-,26-21?,28-13?/t20-/m0/s1. The number of para-hydroxylation sites is 1. The molecule has 0 aliphatic carbocycles. The van der Waals surface area contributed by atoms with E-state index >= 15 is 0 Å². The number of nitrogens with two attached hydrogens (primary N) is 2. The van der Waals surface area contributed by atoms with Gasteiger partial charge in [-0.15, -0.1) is 0 Å². The van der Waals surface area contributed by atoms with Crippen molar-refractivity contribution in [2.75, 3.05) is 20.7 Å². The van der Waals surface area contributed by atoms with Crippen LogP contribution in [0.25, 0.3) is 0 Å². The van der Waals surface area contributed by atoms with Gasteiger partial charge in [0.25, 0.3) is 5.91 Å². The van der Waals surface area contributed by atoms with Crippen molar-refractivity contribution in [1.82, 2.24) is 4.90 Å². The molecule has 5 N–H and O–H groups in total. The third-order valence-electron chi connectivity index (χ3n) is 5.30. The molecule has 0 spiro atoms. The van der Waals surface area contributed by atoms with Crippen LogP contribution >= 0.6 is 0 Å². The molecule has 0 fully saturated rings. The van der Waals surface area contributed by atoms with Crippen molar-refractivity contribution in [2.24, 2.45) is 16.5 Å². The zero-order valence-electron chi connectivity index (χ0n) is 17.7. The minimum Gasteiger partial charge on any atom is -0.496 e. The fourth-order valence-electron chi connectivity index (χ4n) is 3.79. The zero-order chi connectivity index (χ0) is 22.4. The van der Waals surface area contributed by atoms with Crippen LogP contribution in [0.2, 0.25) is 0 Å². The number of amides is 1. The number of nitrogens with one attached hydrogen (secondary N) is 1. The molecule has 160 valence electrons. The Kier molecular flexibility index (Phi) is 6.87. The number of benzene rings is 2. The number of carbonyl (C=O) groups excluding carboxylic acids is 1. The van der Waals surface area contributed by atoms with Crippen LogP contribution in [0.4, 0.5) is 0 Å². The highest BCUT2D eigenvalue weighted by molar-refractivity contribution is 6.12. The van der Waals surface area contributed by atoms with Gasteiger partial charge in [0.1, 0.15) is 5.75 Å². The Morgan fingerprint density at radius 2 is 1.94 bits per heavy atom. The van der Waals surface area contributed by atoms with E-state index in [9.17, 15) is 4.79 Å². The van der Waals surface area contributed by atoms with Crippen LogP contribution in [-0.4, -0.2) is 43.4 Å². The van der Waals surface area contributed by atoms with E-state index < -0.39 is 0 Å². The molecule has 7 heteroatoms. The number of rotatable bonds is 6. The van der Waals surface area contributed by atoms with E-state index in [0.717, 1.165) is 16.7 Å². The summed E-state index contributed by atoms with van der Waals surface area (Å²) in [5.41, 5.74) is 15.6. The second-order valence-corrected chi connectivity index (χ2v) is 7.20. The van der Waals surface area contributed by atoms with Gasteiger partial charge >= 0.3 is 0 Å². The lowest BCUT2D eigenvalue weighted by atomic mass is 9.85. The van der Waals surface area contributed by atoms with Crippen LogP contribution in [0, 0.1) is 5.41 Å². The third kappa shape index (κ3) is 4.66. The summed E-state index contributed by atoms with van der Waals surface area (Å²) in [6.45, 7) is 0.852. The zero-order valence-corrected chi connectivity index (χ0v) is 17.7. The number of methoxy groups -OCH3 is 1. The fourth-order valence-corrected chi connectivity index (χ4v) is 3.79. The topological polar surface area (TPSA) is 118 Å². The summed E-state index contributed by atoms with van der Waals surface area (Å²) in [5, 5.41) is 8.37. The van der Waals surface area contributed by atoms with Gasteiger partial charge in [-0.1, -0.05) is 36.4 Å². The van der Waals surface area contributed by atoms with Crippen LogP contribution in [0.3, 0.4) is 0 Å². The van der Waals surface area contributed by atoms with Crippen LogP contribution in [0.1, 0.15) is 22.6 Å². The van der Waals surface area contributed by atoms with Crippen LogP contribution in [-0.2, 0) is 11.3 Å². The molecule has 7 nitrogen and oxygen atoms in total. The molecule has 0 radical (unpaired) electrons. The molecule has 31 heavy (non-hydrogen) atoms. The van der Waals surface area contributed by atoms with E-state index in [4.69, 9.17) is 21.6 Å². The van der Waals surface area contributed by atoms with Gasteiger partial charge in [-0.25, -0.2) is 0 Å². The first kappa shape index (κ1) is 21.8. The highest BCUT2D eigenvalue weighted by atomic mass is 16.5. The Balaban J connectivity index is 1.89. The summed E-state index contributed by atoms with van der Waals surface area (Å²) in [4.78, 5) is 18.9. The van der Waals surface area contributed by atoms with E-state index in [1.165, 1.54) is 19.4 Å². The van der Waals surface area contributed by atoms with Gasteiger partial charge in [-0.2, -0.15) is 0 Å². The molecule has 2 aromatic carbocycles. The summed E-state index contributed by atoms with van der Waals surface area (Å²) in [5.74, 6) is 0.112. The third-order valence-corrected chi connectivity index (χ3v) is 5.30. The second kappa shape index (κ2) is 9.75. The molecule has 0 unspecified atom stereocenters. The Morgan fingerprint density at radius 3 is 2.65 bits per heavy atom. The molecule has 3 rings (SSSR count). The van der Waals surface area contributed by atoms with E-state index in [1.54, 1.807) is 36.4 Å². The molecule has 1 atom stereocenters. The van der Waals surface area contributed by atoms with E-state index in [-0.39, 0.29) is 23.2 Å². The van der Waals surface area contributed by atoms with Crippen molar-refractivity contribution in [3.05, 3.63) is 88.8 Å². The van der Waals surface area contributed by atoms with Crippen LogP contribution in [0.15, 0.2) is 77.1 Å². The summed E-state index contributed by atoms with van der Waals surface area (Å²) in [6, 6.07) is 15.1. The lowest BCUT2D eigenvalue weighted by molar-refractivity contribution is -0.128. The molecule has 1 amide bonds. The average molecular weight is 418 g/mol. The SMILES string of the molecule is CN=CC(=CN)[C@@H]1CN(C(=O)/C(N)=C/C(=N)c2ccccc2OC)Cc2ccccc21. The summed E-state index contributed by atoms with van der Waals surface area (Å²) >= 11 is 0. The van der Waals surface area contributed by atoms with Gasteiger partial charge in [0.2, 0.25) is 0 Å². The number of nitrogens with zero attached hydrogens (tertiary/aromatic N) is 2. The predicted molar refractivity (Wildman–Crippen MR) is 123 cm³/mol. The van der Waals surface area contributed by atoms with E-state index in [0.29, 0.717) is 24.4 Å². The largest absolute Gasteiger partial charge is 0.496 e. The van der Waals surface area contributed by atoms with Gasteiger partial charge < -0.3 is 26.5 Å². The lowest BCUT2D eigenvalue weighted by Gasteiger charge is -2.35. The quantitative estimate of drug-likeness (QED) is 0.494. The molecule has 1 aliphatic heterocycles. The first-order valence-corrected chi connectivity index (χ1v) is 9.90. The molecule has 0 saturated carbocycles. The van der Waals surface area contributed by atoms with Crippen molar-refractivity contribution in [1.29, 1.82) is 5.41 Å². The maximum absolute atomic E-state index is 13.2. The lowest BCUT2D eigenvalue weighted by Crippen LogP contribution is -2.41. The predicted octanol–water partition coefficient (Wildman–Crippen LogP) is 2.57. The molecule has 2 aromatic rings.